The average Bonchev–Trinajstić information content (AvgIpc) is 2.51. The molecule has 0 fully saturated rings. The SMILES string of the molecule is Cc1cccc(N(CCC(=O)O)C(=O)c2cccnc2)c1C. The van der Waals surface area contributed by atoms with E-state index in [1.54, 1.807) is 18.3 Å². The summed E-state index contributed by atoms with van der Waals surface area (Å²) in [6.45, 7) is 4.01. The first kappa shape index (κ1) is 15.7. The minimum absolute atomic E-state index is 0.112. The first-order valence-corrected chi connectivity index (χ1v) is 7.00. The van der Waals surface area contributed by atoms with E-state index >= 15 is 0 Å². The van der Waals surface area contributed by atoms with Gasteiger partial charge in [-0.15, -0.1) is 0 Å². The topological polar surface area (TPSA) is 70.5 Å². The highest BCUT2D eigenvalue weighted by atomic mass is 16.4. The lowest BCUT2D eigenvalue weighted by Gasteiger charge is -2.24. The van der Waals surface area contributed by atoms with Crippen molar-refractivity contribution < 1.29 is 14.7 Å². The van der Waals surface area contributed by atoms with Crippen molar-refractivity contribution in [1.82, 2.24) is 4.98 Å². The number of amides is 1. The average molecular weight is 298 g/mol. The summed E-state index contributed by atoms with van der Waals surface area (Å²) < 4.78 is 0. The van der Waals surface area contributed by atoms with Crippen LogP contribution in [0.2, 0.25) is 0 Å². The van der Waals surface area contributed by atoms with Gasteiger partial charge in [0.15, 0.2) is 0 Å². The van der Waals surface area contributed by atoms with Crippen LogP contribution in [-0.2, 0) is 4.79 Å². The second kappa shape index (κ2) is 6.85. The van der Waals surface area contributed by atoms with E-state index in [1.165, 1.54) is 11.1 Å². The number of benzene rings is 1. The summed E-state index contributed by atoms with van der Waals surface area (Å²) in [5.41, 5.74) is 3.19. The van der Waals surface area contributed by atoms with Gasteiger partial charge in [0.1, 0.15) is 0 Å². The lowest BCUT2D eigenvalue weighted by Crippen LogP contribution is -2.33. The molecule has 0 aliphatic carbocycles. The molecule has 0 aliphatic rings. The Hall–Kier alpha value is -2.69. The molecular weight excluding hydrogens is 280 g/mol. The molecule has 2 rings (SSSR count). The maximum atomic E-state index is 12.7. The van der Waals surface area contributed by atoms with Crippen LogP contribution in [0.25, 0.3) is 0 Å². The number of carbonyl (C=O) groups excluding carboxylic acids is 1. The molecule has 5 nitrogen and oxygen atoms in total. The summed E-state index contributed by atoms with van der Waals surface area (Å²) in [4.78, 5) is 29.1. The summed E-state index contributed by atoms with van der Waals surface area (Å²) in [6.07, 6.45) is 2.97. The van der Waals surface area contributed by atoms with E-state index in [0.29, 0.717) is 5.56 Å². The lowest BCUT2D eigenvalue weighted by molar-refractivity contribution is -0.136. The Morgan fingerprint density at radius 3 is 2.59 bits per heavy atom. The van der Waals surface area contributed by atoms with E-state index in [9.17, 15) is 9.59 Å². The fraction of sp³-hybridized carbons (Fsp3) is 0.235. The number of hydrogen-bond donors (Lipinski definition) is 1. The molecule has 0 radical (unpaired) electrons. The monoisotopic (exact) mass is 298 g/mol. The molecule has 1 amide bonds. The molecule has 1 aromatic heterocycles. The van der Waals surface area contributed by atoms with Crippen LogP contribution in [-0.4, -0.2) is 28.5 Å². The zero-order valence-electron chi connectivity index (χ0n) is 12.6. The highest BCUT2D eigenvalue weighted by Gasteiger charge is 2.20. The molecule has 2 aromatic rings. The minimum Gasteiger partial charge on any atom is -0.481 e. The summed E-state index contributed by atoms with van der Waals surface area (Å²) >= 11 is 0. The summed E-state index contributed by atoms with van der Waals surface area (Å²) in [6, 6.07) is 9.02. The predicted octanol–water partition coefficient (Wildman–Crippen LogP) is 2.82. The van der Waals surface area contributed by atoms with Crippen molar-refractivity contribution in [1.29, 1.82) is 0 Å². The summed E-state index contributed by atoms with van der Waals surface area (Å²) in [7, 11) is 0. The quantitative estimate of drug-likeness (QED) is 0.921. The number of pyridine rings is 1. The molecule has 1 heterocycles. The zero-order valence-corrected chi connectivity index (χ0v) is 12.6. The van der Waals surface area contributed by atoms with Gasteiger partial charge < -0.3 is 10.0 Å². The number of aliphatic carboxylic acids is 1. The van der Waals surface area contributed by atoms with E-state index in [2.05, 4.69) is 4.98 Å². The maximum Gasteiger partial charge on any atom is 0.305 e. The van der Waals surface area contributed by atoms with Gasteiger partial charge in [0, 0.05) is 24.6 Å². The van der Waals surface area contributed by atoms with Crippen molar-refractivity contribution in [3.05, 3.63) is 59.4 Å². The molecule has 0 saturated heterocycles. The van der Waals surface area contributed by atoms with E-state index in [1.807, 2.05) is 32.0 Å². The summed E-state index contributed by atoms with van der Waals surface area (Å²) in [5, 5.41) is 8.94. The van der Waals surface area contributed by atoms with Crippen molar-refractivity contribution in [2.45, 2.75) is 20.3 Å². The Morgan fingerprint density at radius 2 is 1.95 bits per heavy atom. The first-order chi connectivity index (χ1) is 10.5. The number of nitrogens with zero attached hydrogens (tertiary/aromatic N) is 2. The van der Waals surface area contributed by atoms with Crippen LogP contribution in [0, 0.1) is 13.8 Å². The number of carboxylic acid groups (broad SMARTS) is 1. The van der Waals surface area contributed by atoms with Gasteiger partial charge in [-0.25, -0.2) is 0 Å². The van der Waals surface area contributed by atoms with Gasteiger partial charge in [-0.05, 0) is 43.2 Å². The molecule has 0 bridgehead atoms. The van der Waals surface area contributed by atoms with Crippen molar-refractivity contribution in [2.75, 3.05) is 11.4 Å². The summed E-state index contributed by atoms with van der Waals surface area (Å²) in [5.74, 6) is -1.18. The van der Waals surface area contributed by atoms with Crippen LogP contribution >= 0.6 is 0 Å². The Kier molecular flexibility index (Phi) is 4.88. The molecule has 114 valence electrons. The van der Waals surface area contributed by atoms with E-state index in [4.69, 9.17) is 5.11 Å². The number of aromatic nitrogens is 1. The Labute approximate surface area is 129 Å². The lowest BCUT2D eigenvalue weighted by atomic mass is 10.1. The number of carbonyl (C=O) groups is 2. The number of aryl methyl sites for hydroxylation is 1. The van der Waals surface area contributed by atoms with Crippen LogP contribution in [0.4, 0.5) is 5.69 Å². The second-order valence-electron chi connectivity index (χ2n) is 5.06. The molecule has 0 atom stereocenters. The van der Waals surface area contributed by atoms with Gasteiger partial charge in [-0.3, -0.25) is 14.6 Å². The van der Waals surface area contributed by atoms with Gasteiger partial charge in [0.05, 0.1) is 12.0 Å². The smallest absolute Gasteiger partial charge is 0.305 e. The van der Waals surface area contributed by atoms with Crippen LogP contribution < -0.4 is 4.90 Å². The first-order valence-electron chi connectivity index (χ1n) is 7.00. The third-order valence-corrected chi connectivity index (χ3v) is 3.57. The molecular formula is C17H18N2O3. The molecule has 5 heteroatoms. The van der Waals surface area contributed by atoms with Crippen molar-refractivity contribution in [3.63, 3.8) is 0 Å². The highest BCUT2D eigenvalue weighted by molar-refractivity contribution is 6.06. The normalized spacial score (nSPS) is 10.3. The molecule has 1 aromatic carbocycles. The van der Waals surface area contributed by atoms with Crippen molar-refractivity contribution >= 4 is 17.6 Å². The molecule has 0 saturated carbocycles. The fourth-order valence-corrected chi connectivity index (χ4v) is 2.21. The number of hydrogen-bond acceptors (Lipinski definition) is 3. The molecule has 0 spiro atoms. The van der Waals surface area contributed by atoms with Crippen LogP contribution in [0.1, 0.15) is 27.9 Å². The number of anilines is 1. The van der Waals surface area contributed by atoms with Crippen LogP contribution in [0.5, 0.6) is 0 Å². The van der Waals surface area contributed by atoms with Gasteiger partial charge in [0.2, 0.25) is 0 Å². The van der Waals surface area contributed by atoms with Crippen LogP contribution in [0.15, 0.2) is 42.7 Å². The maximum absolute atomic E-state index is 12.7. The van der Waals surface area contributed by atoms with E-state index in [-0.39, 0.29) is 18.9 Å². The molecule has 0 unspecified atom stereocenters. The fourth-order valence-electron chi connectivity index (χ4n) is 2.21. The van der Waals surface area contributed by atoms with Gasteiger partial charge in [0.25, 0.3) is 5.91 Å². The Balaban J connectivity index is 2.40. The molecule has 1 N–H and O–H groups in total. The van der Waals surface area contributed by atoms with E-state index in [0.717, 1.165) is 16.8 Å². The number of rotatable bonds is 5. The third-order valence-electron chi connectivity index (χ3n) is 3.57. The second-order valence-corrected chi connectivity index (χ2v) is 5.06. The predicted molar refractivity (Wildman–Crippen MR) is 84.1 cm³/mol. The zero-order chi connectivity index (χ0) is 16.1. The van der Waals surface area contributed by atoms with Crippen LogP contribution in [0.3, 0.4) is 0 Å². The van der Waals surface area contributed by atoms with E-state index < -0.39 is 5.97 Å². The van der Waals surface area contributed by atoms with Gasteiger partial charge >= 0.3 is 5.97 Å². The van der Waals surface area contributed by atoms with Crippen molar-refractivity contribution in [2.24, 2.45) is 0 Å². The standard InChI is InChI=1S/C17H18N2O3/c1-12-5-3-7-15(13(12)2)19(10-8-16(20)21)17(22)14-6-4-9-18-11-14/h3-7,9,11H,8,10H2,1-2H3,(H,20,21). The largest absolute Gasteiger partial charge is 0.481 e. The third kappa shape index (κ3) is 3.49. The molecule has 22 heavy (non-hydrogen) atoms. The van der Waals surface area contributed by atoms with Gasteiger partial charge in [-0.1, -0.05) is 12.1 Å². The van der Waals surface area contributed by atoms with Crippen molar-refractivity contribution in [3.8, 4) is 0 Å². The highest BCUT2D eigenvalue weighted by Crippen LogP contribution is 2.24. The Morgan fingerprint density at radius 1 is 1.18 bits per heavy atom. The van der Waals surface area contributed by atoms with Gasteiger partial charge in [-0.2, -0.15) is 0 Å². The Bertz CT molecular complexity index is 684. The minimum atomic E-state index is -0.936. The molecule has 0 aliphatic heterocycles. The number of carboxylic acids is 1.